The number of carbonyl (C=O) groups excluding carboxylic acids is 1. The van der Waals surface area contributed by atoms with Crippen LogP contribution in [0.4, 0.5) is 0 Å². The minimum atomic E-state index is 0.0345. The number of nitrogens with one attached hydrogen (secondary N) is 2. The van der Waals surface area contributed by atoms with Crippen molar-refractivity contribution in [2.45, 2.75) is 30.8 Å². The van der Waals surface area contributed by atoms with E-state index in [-0.39, 0.29) is 11.9 Å². The predicted molar refractivity (Wildman–Crippen MR) is 84.1 cm³/mol. The smallest absolute Gasteiger partial charge is 0.230 e. The lowest BCUT2D eigenvalue weighted by molar-refractivity contribution is -0.119. The summed E-state index contributed by atoms with van der Waals surface area (Å²) in [7, 11) is 3.57. The SMILES string of the molecule is CNC(C)c1ccc(SCC(=O)NC(C)COC)cc1. The van der Waals surface area contributed by atoms with E-state index in [2.05, 4.69) is 41.8 Å². The van der Waals surface area contributed by atoms with Gasteiger partial charge >= 0.3 is 0 Å². The van der Waals surface area contributed by atoms with Crippen LogP contribution in [0.3, 0.4) is 0 Å². The molecule has 0 aliphatic carbocycles. The number of rotatable bonds is 8. The van der Waals surface area contributed by atoms with Crippen molar-refractivity contribution >= 4 is 17.7 Å². The number of hydrogen-bond acceptors (Lipinski definition) is 4. The van der Waals surface area contributed by atoms with Gasteiger partial charge in [-0.2, -0.15) is 0 Å². The Balaban J connectivity index is 2.40. The number of carbonyl (C=O) groups is 1. The third-order valence-electron chi connectivity index (χ3n) is 3.01. The van der Waals surface area contributed by atoms with E-state index >= 15 is 0 Å². The van der Waals surface area contributed by atoms with E-state index in [4.69, 9.17) is 4.74 Å². The van der Waals surface area contributed by atoms with Crippen LogP contribution in [0.15, 0.2) is 29.2 Å². The molecule has 4 nitrogen and oxygen atoms in total. The van der Waals surface area contributed by atoms with Gasteiger partial charge in [0.1, 0.15) is 0 Å². The molecule has 2 atom stereocenters. The Kier molecular flexibility index (Phi) is 7.65. The molecule has 0 radical (unpaired) electrons. The lowest BCUT2D eigenvalue weighted by Gasteiger charge is -2.13. The van der Waals surface area contributed by atoms with Gasteiger partial charge in [-0.3, -0.25) is 4.79 Å². The van der Waals surface area contributed by atoms with E-state index in [0.717, 1.165) is 4.90 Å². The number of hydrogen-bond donors (Lipinski definition) is 2. The molecule has 5 heteroatoms. The largest absolute Gasteiger partial charge is 0.383 e. The number of methoxy groups -OCH3 is 1. The zero-order valence-electron chi connectivity index (χ0n) is 12.6. The van der Waals surface area contributed by atoms with Crippen LogP contribution in [0.5, 0.6) is 0 Å². The average Bonchev–Trinajstić information content (AvgIpc) is 2.45. The molecule has 2 unspecified atom stereocenters. The molecule has 2 N–H and O–H groups in total. The highest BCUT2D eigenvalue weighted by Gasteiger charge is 2.08. The molecule has 112 valence electrons. The molecule has 1 aromatic carbocycles. The lowest BCUT2D eigenvalue weighted by atomic mass is 10.1. The fourth-order valence-electron chi connectivity index (χ4n) is 1.78. The van der Waals surface area contributed by atoms with Gasteiger partial charge in [0.25, 0.3) is 0 Å². The summed E-state index contributed by atoms with van der Waals surface area (Å²) in [6.45, 7) is 4.58. The van der Waals surface area contributed by atoms with E-state index in [0.29, 0.717) is 18.4 Å². The van der Waals surface area contributed by atoms with E-state index < -0.39 is 0 Å². The summed E-state index contributed by atoms with van der Waals surface area (Å²) in [5.74, 6) is 0.460. The maximum atomic E-state index is 11.7. The molecule has 0 saturated carbocycles. The van der Waals surface area contributed by atoms with Gasteiger partial charge in [-0.25, -0.2) is 0 Å². The molecule has 20 heavy (non-hydrogen) atoms. The van der Waals surface area contributed by atoms with E-state index in [1.807, 2.05) is 14.0 Å². The highest BCUT2D eigenvalue weighted by atomic mass is 32.2. The molecule has 0 saturated heterocycles. The first kappa shape index (κ1) is 17.0. The average molecular weight is 296 g/mol. The van der Waals surface area contributed by atoms with Crippen LogP contribution < -0.4 is 10.6 Å². The summed E-state index contributed by atoms with van der Waals surface area (Å²) in [6.07, 6.45) is 0. The summed E-state index contributed by atoms with van der Waals surface area (Å²) in [5, 5.41) is 6.10. The van der Waals surface area contributed by atoms with E-state index in [1.165, 1.54) is 5.56 Å². The Morgan fingerprint density at radius 1 is 1.30 bits per heavy atom. The highest BCUT2D eigenvalue weighted by Crippen LogP contribution is 2.20. The standard InChI is InChI=1S/C15H24N2O2S/c1-11(9-19-4)17-15(18)10-20-14-7-5-13(6-8-14)12(2)16-3/h5-8,11-12,16H,9-10H2,1-4H3,(H,17,18). The summed E-state index contributed by atoms with van der Waals surface area (Å²) in [4.78, 5) is 12.8. The van der Waals surface area contributed by atoms with Crippen LogP contribution in [-0.4, -0.2) is 38.5 Å². The summed E-state index contributed by atoms with van der Waals surface area (Å²) in [6, 6.07) is 8.68. The van der Waals surface area contributed by atoms with Crippen LogP contribution in [-0.2, 0) is 9.53 Å². The normalized spacial score (nSPS) is 13.8. The Bertz CT molecular complexity index is 409. The quantitative estimate of drug-likeness (QED) is 0.722. The van der Waals surface area contributed by atoms with Gasteiger partial charge in [-0.1, -0.05) is 12.1 Å². The van der Waals surface area contributed by atoms with Crippen molar-refractivity contribution in [3.05, 3.63) is 29.8 Å². The van der Waals surface area contributed by atoms with E-state index in [9.17, 15) is 4.79 Å². The van der Waals surface area contributed by atoms with Gasteiger partial charge in [-0.05, 0) is 38.6 Å². The van der Waals surface area contributed by atoms with Crippen molar-refractivity contribution in [1.29, 1.82) is 0 Å². The van der Waals surface area contributed by atoms with Crippen molar-refractivity contribution in [1.82, 2.24) is 10.6 Å². The fourth-order valence-corrected chi connectivity index (χ4v) is 2.49. The molecule has 1 amide bonds. The molecule has 0 bridgehead atoms. The minimum absolute atomic E-state index is 0.0345. The number of amides is 1. The monoisotopic (exact) mass is 296 g/mol. The summed E-state index contributed by atoms with van der Waals surface area (Å²) >= 11 is 1.54. The molecule has 0 aromatic heterocycles. The third-order valence-corrected chi connectivity index (χ3v) is 4.02. The van der Waals surface area contributed by atoms with Crippen LogP contribution in [0, 0.1) is 0 Å². The first-order valence-electron chi connectivity index (χ1n) is 6.75. The second kappa shape index (κ2) is 9.00. The highest BCUT2D eigenvalue weighted by molar-refractivity contribution is 8.00. The van der Waals surface area contributed by atoms with Crippen molar-refractivity contribution in [3.8, 4) is 0 Å². The molecule has 0 spiro atoms. The molecule has 0 fully saturated rings. The van der Waals surface area contributed by atoms with Crippen molar-refractivity contribution in [3.63, 3.8) is 0 Å². The molecule has 0 aliphatic heterocycles. The summed E-state index contributed by atoms with van der Waals surface area (Å²) < 4.78 is 4.99. The summed E-state index contributed by atoms with van der Waals surface area (Å²) in [5.41, 5.74) is 1.25. The maximum absolute atomic E-state index is 11.7. The molecular weight excluding hydrogens is 272 g/mol. The van der Waals surface area contributed by atoms with E-state index in [1.54, 1.807) is 18.9 Å². The second-order valence-electron chi connectivity index (χ2n) is 4.79. The van der Waals surface area contributed by atoms with Gasteiger partial charge in [0, 0.05) is 24.1 Å². The van der Waals surface area contributed by atoms with Crippen LogP contribution in [0.1, 0.15) is 25.5 Å². The zero-order chi connectivity index (χ0) is 15.0. The van der Waals surface area contributed by atoms with Crippen molar-refractivity contribution in [2.75, 3.05) is 26.5 Å². The van der Waals surface area contributed by atoms with Crippen LogP contribution in [0.25, 0.3) is 0 Å². The number of thioether (sulfide) groups is 1. The van der Waals surface area contributed by atoms with Crippen LogP contribution in [0.2, 0.25) is 0 Å². The number of benzene rings is 1. The molecule has 0 heterocycles. The zero-order valence-corrected chi connectivity index (χ0v) is 13.4. The van der Waals surface area contributed by atoms with Crippen LogP contribution >= 0.6 is 11.8 Å². The predicted octanol–water partition coefficient (Wildman–Crippen LogP) is 2.21. The van der Waals surface area contributed by atoms with Gasteiger partial charge < -0.3 is 15.4 Å². The molecule has 0 aliphatic rings. The van der Waals surface area contributed by atoms with Gasteiger partial charge in [0.05, 0.1) is 12.4 Å². The maximum Gasteiger partial charge on any atom is 0.230 e. The Morgan fingerprint density at radius 2 is 1.95 bits per heavy atom. The van der Waals surface area contributed by atoms with Crippen molar-refractivity contribution < 1.29 is 9.53 Å². The first-order valence-corrected chi connectivity index (χ1v) is 7.73. The Labute approximate surface area is 125 Å². The number of ether oxygens (including phenoxy) is 1. The molecular formula is C15H24N2O2S. The minimum Gasteiger partial charge on any atom is -0.383 e. The topological polar surface area (TPSA) is 50.4 Å². The molecule has 1 rings (SSSR count). The van der Waals surface area contributed by atoms with Gasteiger partial charge in [-0.15, -0.1) is 11.8 Å². The third kappa shape index (κ3) is 5.94. The lowest BCUT2D eigenvalue weighted by Crippen LogP contribution is -2.36. The Morgan fingerprint density at radius 3 is 2.50 bits per heavy atom. The second-order valence-corrected chi connectivity index (χ2v) is 5.84. The molecule has 1 aromatic rings. The first-order chi connectivity index (χ1) is 9.56. The Hall–Kier alpha value is -1.04. The van der Waals surface area contributed by atoms with Gasteiger partial charge in [0.2, 0.25) is 5.91 Å². The van der Waals surface area contributed by atoms with Crippen molar-refractivity contribution in [2.24, 2.45) is 0 Å². The fraction of sp³-hybridized carbons (Fsp3) is 0.533. The van der Waals surface area contributed by atoms with Gasteiger partial charge in [0.15, 0.2) is 0 Å².